The monoisotopic (exact) mass is 412 g/mol. The third-order valence-electron chi connectivity index (χ3n) is 5.12. The summed E-state index contributed by atoms with van der Waals surface area (Å²) in [7, 11) is 0. The van der Waals surface area contributed by atoms with Crippen LogP contribution >= 0.6 is 0 Å². The van der Waals surface area contributed by atoms with Gasteiger partial charge in [0, 0.05) is 12.2 Å². The molecule has 0 spiro atoms. The fraction of sp³-hybridized carbons (Fsp3) is 0.190. The van der Waals surface area contributed by atoms with E-state index in [1.165, 1.54) is 12.3 Å². The summed E-state index contributed by atoms with van der Waals surface area (Å²) in [5.41, 5.74) is 0.570. The first-order valence-electron chi connectivity index (χ1n) is 9.33. The molecule has 1 aromatic carbocycles. The van der Waals surface area contributed by atoms with Crippen LogP contribution in [0, 0.1) is 0 Å². The number of aryl methyl sites for hydroxylation is 1. The Bertz CT molecular complexity index is 1250. The van der Waals surface area contributed by atoms with Gasteiger partial charge in [0.25, 0.3) is 5.91 Å². The van der Waals surface area contributed by atoms with Gasteiger partial charge in [-0.1, -0.05) is 18.2 Å². The van der Waals surface area contributed by atoms with E-state index < -0.39 is 17.8 Å². The van der Waals surface area contributed by atoms with Gasteiger partial charge in [-0.3, -0.25) is 4.79 Å². The molecule has 0 N–H and O–H groups in total. The molecule has 1 aliphatic heterocycles. The molecule has 3 aromatic heterocycles. The standard InChI is InChI=1S/C21H15F3N4O2/c22-21(23,24)18-11-15(17-8-4-10-30-17)26-19-14(12-25-28(18)19)20(29)27-9-3-6-13-5-1-2-7-16(13)27/h1-2,4-5,7-8,10-12H,3,6,9H2. The summed E-state index contributed by atoms with van der Waals surface area (Å²) in [4.78, 5) is 19.2. The number of hydrogen-bond acceptors (Lipinski definition) is 4. The van der Waals surface area contributed by atoms with Crippen LogP contribution < -0.4 is 4.90 Å². The van der Waals surface area contributed by atoms with Crippen LogP contribution in [0.15, 0.2) is 59.3 Å². The Kier molecular flexibility index (Phi) is 4.12. The van der Waals surface area contributed by atoms with Crippen LogP contribution in [0.3, 0.4) is 0 Å². The van der Waals surface area contributed by atoms with E-state index in [9.17, 15) is 18.0 Å². The molecule has 0 atom stereocenters. The molecule has 6 nitrogen and oxygen atoms in total. The van der Waals surface area contributed by atoms with E-state index >= 15 is 0 Å². The molecule has 0 bridgehead atoms. The number of halogens is 3. The minimum atomic E-state index is -4.69. The summed E-state index contributed by atoms with van der Waals surface area (Å²) >= 11 is 0. The van der Waals surface area contributed by atoms with Gasteiger partial charge in [-0.2, -0.15) is 18.3 Å². The number of benzene rings is 1. The molecule has 0 unspecified atom stereocenters. The topological polar surface area (TPSA) is 63.6 Å². The zero-order valence-electron chi connectivity index (χ0n) is 15.6. The van der Waals surface area contributed by atoms with E-state index in [4.69, 9.17) is 4.42 Å². The number of fused-ring (bicyclic) bond motifs is 2. The number of furan rings is 1. The number of amides is 1. The Labute approximate surface area is 168 Å². The average Bonchev–Trinajstić information content (AvgIpc) is 3.41. The summed E-state index contributed by atoms with van der Waals surface area (Å²) in [5, 5.41) is 3.84. The molecule has 4 heterocycles. The Morgan fingerprint density at radius 3 is 2.73 bits per heavy atom. The molecular formula is C21H15F3N4O2. The van der Waals surface area contributed by atoms with E-state index in [2.05, 4.69) is 10.1 Å². The van der Waals surface area contributed by atoms with E-state index in [-0.39, 0.29) is 22.7 Å². The molecule has 0 saturated carbocycles. The van der Waals surface area contributed by atoms with Crippen LogP contribution in [0.4, 0.5) is 18.9 Å². The number of anilines is 1. The number of hydrogen-bond donors (Lipinski definition) is 0. The van der Waals surface area contributed by atoms with Gasteiger partial charge in [-0.15, -0.1) is 0 Å². The van der Waals surface area contributed by atoms with Gasteiger partial charge in [0.05, 0.1) is 12.5 Å². The van der Waals surface area contributed by atoms with Gasteiger partial charge in [-0.25, -0.2) is 9.50 Å². The summed E-state index contributed by atoms with van der Waals surface area (Å²) in [5.74, 6) is -0.264. The lowest BCUT2D eigenvalue weighted by molar-refractivity contribution is -0.142. The van der Waals surface area contributed by atoms with Gasteiger partial charge < -0.3 is 9.32 Å². The maximum Gasteiger partial charge on any atom is 0.433 e. The first-order chi connectivity index (χ1) is 14.4. The molecule has 0 radical (unpaired) electrons. The highest BCUT2D eigenvalue weighted by atomic mass is 19.4. The molecule has 9 heteroatoms. The molecule has 4 aromatic rings. The highest BCUT2D eigenvalue weighted by Gasteiger charge is 2.37. The summed E-state index contributed by atoms with van der Waals surface area (Å²) in [6.07, 6.45) is -0.591. The largest absolute Gasteiger partial charge is 0.463 e. The van der Waals surface area contributed by atoms with Gasteiger partial charge >= 0.3 is 6.18 Å². The van der Waals surface area contributed by atoms with Crippen molar-refractivity contribution < 1.29 is 22.4 Å². The van der Waals surface area contributed by atoms with Crippen LogP contribution in [-0.2, 0) is 12.6 Å². The highest BCUT2D eigenvalue weighted by Crippen LogP contribution is 2.34. The number of rotatable bonds is 2. The molecular weight excluding hydrogens is 397 g/mol. The predicted molar refractivity (Wildman–Crippen MR) is 102 cm³/mol. The van der Waals surface area contributed by atoms with Crippen LogP contribution in [0.25, 0.3) is 17.1 Å². The number of nitrogens with zero attached hydrogens (tertiary/aromatic N) is 4. The van der Waals surface area contributed by atoms with Crippen molar-refractivity contribution in [2.45, 2.75) is 19.0 Å². The van der Waals surface area contributed by atoms with E-state index in [0.717, 1.165) is 36.4 Å². The number of carbonyl (C=O) groups excluding carboxylic acids is 1. The Morgan fingerprint density at radius 2 is 1.97 bits per heavy atom. The van der Waals surface area contributed by atoms with E-state index in [0.29, 0.717) is 11.1 Å². The number of para-hydroxylation sites is 1. The normalized spacial score (nSPS) is 14.2. The van der Waals surface area contributed by atoms with Gasteiger partial charge in [0.1, 0.15) is 11.3 Å². The Morgan fingerprint density at radius 1 is 1.13 bits per heavy atom. The minimum Gasteiger partial charge on any atom is -0.463 e. The molecule has 152 valence electrons. The molecule has 0 fully saturated rings. The zero-order chi connectivity index (χ0) is 20.9. The second-order valence-electron chi connectivity index (χ2n) is 6.98. The first kappa shape index (κ1) is 18.4. The number of alkyl halides is 3. The van der Waals surface area contributed by atoms with Crippen molar-refractivity contribution in [2.75, 3.05) is 11.4 Å². The van der Waals surface area contributed by atoms with Gasteiger partial charge in [-0.05, 0) is 42.7 Å². The molecule has 0 saturated heterocycles. The van der Waals surface area contributed by atoms with Crippen molar-refractivity contribution in [1.29, 1.82) is 0 Å². The Hall–Kier alpha value is -3.62. The molecule has 1 amide bonds. The fourth-order valence-electron chi connectivity index (χ4n) is 3.76. The maximum absolute atomic E-state index is 13.7. The van der Waals surface area contributed by atoms with Crippen molar-refractivity contribution in [1.82, 2.24) is 14.6 Å². The van der Waals surface area contributed by atoms with Crippen molar-refractivity contribution in [3.8, 4) is 11.5 Å². The first-order valence-corrected chi connectivity index (χ1v) is 9.33. The lowest BCUT2D eigenvalue weighted by atomic mass is 10.0. The summed E-state index contributed by atoms with van der Waals surface area (Å²) in [6, 6.07) is 11.4. The van der Waals surface area contributed by atoms with Crippen LogP contribution in [0.2, 0.25) is 0 Å². The number of carbonyl (C=O) groups is 1. The fourth-order valence-corrected chi connectivity index (χ4v) is 3.76. The van der Waals surface area contributed by atoms with Crippen molar-refractivity contribution in [3.05, 3.63) is 71.7 Å². The molecule has 1 aliphatic rings. The second-order valence-corrected chi connectivity index (χ2v) is 6.98. The average molecular weight is 412 g/mol. The van der Waals surface area contributed by atoms with Gasteiger partial charge in [0.15, 0.2) is 17.1 Å². The highest BCUT2D eigenvalue weighted by molar-refractivity contribution is 6.10. The molecule has 0 aliphatic carbocycles. The van der Waals surface area contributed by atoms with E-state index in [1.54, 1.807) is 11.0 Å². The van der Waals surface area contributed by atoms with Crippen molar-refractivity contribution in [3.63, 3.8) is 0 Å². The third kappa shape index (κ3) is 2.94. The molecule has 30 heavy (non-hydrogen) atoms. The molecule has 5 rings (SSSR count). The predicted octanol–water partition coefficient (Wildman–Crippen LogP) is 4.60. The van der Waals surface area contributed by atoms with Crippen LogP contribution in [0.1, 0.15) is 28.0 Å². The van der Waals surface area contributed by atoms with E-state index in [1.807, 2.05) is 24.3 Å². The van der Waals surface area contributed by atoms with Crippen LogP contribution in [-0.4, -0.2) is 27.0 Å². The summed E-state index contributed by atoms with van der Waals surface area (Å²) in [6.45, 7) is 0.469. The van der Waals surface area contributed by atoms with Crippen molar-refractivity contribution in [2.24, 2.45) is 0 Å². The second kappa shape index (κ2) is 6.72. The Balaban J connectivity index is 1.68. The zero-order valence-corrected chi connectivity index (χ0v) is 15.6. The summed E-state index contributed by atoms with van der Waals surface area (Å²) < 4.78 is 46.9. The lowest BCUT2D eigenvalue weighted by Crippen LogP contribution is -2.35. The maximum atomic E-state index is 13.7. The number of aromatic nitrogens is 3. The lowest BCUT2D eigenvalue weighted by Gasteiger charge is -2.29. The quantitative estimate of drug-likeness (QED) is 0.483. The van der Waals surface area contributed by atoms with Crippen molar-refractivity contribution >= 4 is 17.2 Å². The SMILES string of the molecule is O=C(c1cnn2c(C(F)(F)F)cc(-c3ccco3)nc12)N1CCCc2ccccc21. The van der Waals surface area contributed by atoms with Gasteiger partial charge in [0.2, 0.25) is 0 Å². The minimum absolute atomic E-state index is 0.00519. The third-order valence-corrected chi connectivity index (χ3v) is 5.12. The van der Waals surface area contributed by atoms with Crippen LogP contribution in [0.5, 0.6) is 0 Å². The smallest absolute Gasteiger partial charge is 0.433 e.